The van der Waals surface area contributed by atoms with Gasteiger partial charge in [0, 0.05) is 23.1 Å². The highest BCUT2D eigenvalue weighted by Gasteiger charge is 2.41. The summed E-state index contributed by atoms with van der Waals surface area (Å²) in [7, 11) is 3.27. The molecule has 3 atom stereocenters. The Labute approximate surface area is 244 Å². The Kier molecular flexibility index (Phi) is 10.5. The first-order chi connectivity index (χ1) is 18.7. The van der Waals surface area contributed by atoms with Crippen molar-refractivity contribution in [3.8, 4) is 0 Å². The van der Waals surface area contributed by atoms with E-state index in [9.17, 15) is 14.4 Å². The number of allylic oxidation sites excluding steroid dienone is 1. The lowest BCUT2D eigenvalue weighted by Crippen LogP contribution is -2.53. The lowest BCUT2D eigenvalue weighted by Gasteiger charge is -2.27. The molecule has 0 fully saturated rings. The zero-order valence-electron chi connectivity index (χ0n) is 21.9. The molecule has 2 amide bonds. The monoisotopic (exact) mass is 605 g/mol. The highest BCUT2D eigenvalue weighted by molar-refractivity contribution is 8.76. The molecule has 0 spiro atoms. The van der Waals surface area contributed by atoms with Gasteiger partial charge in [0.25, 0.3) is 0 Å². The van der Waals surface area contributed by atoms with Gasteiger partial charge in [0.2, 0.25) is 11.8 Å². The van der Waals surface area contributed by atoms with Crippen LogP contribution in [0.2, 0.25) is 0 Å². The molecular weight excluding hydrogens is 575 g/mol. The third kappa shape index (κ3) is 8.32. The number of thiazole rings is 1. The molecule has 2 aliphatic heterocycles. The predicted octanol–water partition coefficient (Wildman–Crippen LogP) is 4.25. The minimum absolute atomic E-state index is 0.0324. The number of fused-ring (bicyclic) bond motifs is 4. The van der Waals surface area contributed by atoms with E-state index < -0.39 is 23.7 Å². The fraction of sp³-hybridized carbons (Fsp3) is 0.462. The molecule has 4 bridgehead atoms. The number of carbonyl (C=O) groups excluding carboxylic acids is 3. The van der Waals surface area contributed by atoms with Crippen LogP contribution in [0.15, 0.2) is 51.9 Å². The van der Waals surface area contributed by atoms with Crippen molar-refractivity contribution in [2.45, 2.75) is 62.9 Å². The second-order valence-corrected chi connectivity index (χ2v) is 13.9. The Hall–Kier alpha value is -2.35. The maximum Gasteiger partial charge on any atom is 0.329 e. The van der Waals surface area contributed by atoms with E-state index in [2.05, 4.69) is 25.6 Å². The molecule has 39 heavy (non-hydrogen) atoms. The normalized spacial score (nSPS) is 24.4. The summed E-state index contributed by atoms with van der Waals surface area (Å²) in [5, 5.41) is 9.98. The van der Waals surface area contributed by atoms with E-state index in [0.717, 1.165) is 22.2 Å². The Morgan fingerprint density at radius 1 is 1.28 bits per heavy atom. The highest BCUT2D eigenvalue weighted by atomic mass is 33.1. The van der Waals surface area contributed by atoms with E-state index in [0.29, 0.717) is 16.5 Å². The van der Waals surface area contributed by atoms with Gasteiger partial charge in [0.05, 0.1) is 13.0 Å². The number of pyridine rings is 1. The fourth-order valence-corrected chi connectivity index (χ4v) is 7.49. The summed E-state index contributed by atoms with van der Waals surface area (Å²) >= 11 is 2.88. The topological polar surface area (TPSA) is 123 Å². The quantitative estimate of drug-likeness (QED) is 0.206. The van der Waals surface area contributed by atoms with Crippen LogP contribution in [-0.2, 0) is 25.7 Å². The van der Waals surface area contributed by atoms with Crippen LogP contribution in [0.5, 0.6) is 0 Å². The van der Waals surface area contributed by atoms with Crippen LogP contribution in [0.3, 0.4) is 0 Å². The van der Waals surface area contributed by atoms with Gasteiger partial charge in [-0.05, 0) is 48.3 Å². The van der Waals surface area contributed by atoms with E-state index in [4.69, 9.17) is 4.74 Å². The Balaban J connectivity index is 1.46. The smallest absolute Gasteiger partial charge is 0.329 e. The first kappa shape index (κ1) is 29.6. The summed E-state index contributed by atoms with van der Waals surface area (Å²) in [5.41, 5.74) is -0.329. The largest absolute Gasteiger partial charge is 0.456 e. The number of nitrogens with zero attached hydrogens (tertiary/aromatic N) is 3. The predicted molar refractivity (Wildman–Crippen MR) is 159 cm³/mol. The summed E-state index contributed by atoms with van der Waals surface area (Å²) in [5.74, 6) is -0.127. The minimum atomic E-state index is -1.02. The van der Waals surface area contributed by atoms with Gasteiger partial charge in [-0.2, -0.15) is 0 Å². The van der Waals surface area contributed by atoms with Crippen molar-refractivity contribution in [3.63, 3.8) is 0 Å². The van der Waals surface area contributed by atoms with Crippen LogP contribution < -0.4 is 10.6 Å². The summed E-state index contributed by atoms with van der Waals surface area (Å²) in [6.07, 6.45) is 5.35. The van der Waals surface area contributed by atoms with Crippen molar-refractivity contribution in [2.24, 2.45) is 10.9 Å². The summed E-state index contributed by atoms with van der Waals surface area (Å²) in [4.78, 5) is 52.8. The van der Waals surface area contributed by atoms with Gasteiger partial charge in [0.15, 0.2) is 0 Å². The van der Waals surface area contributed by atoms with Gasteiger partial charge >= 0.3 is 5.97 Å². The van der Waals surface area contributed by atoms with Crippen LogP contribution in [0.25, 0.3) is 0 Å². The first-order valence-electron chi connectivity index (χ1n) is 12.6. The standard InChI is InChI=1S/C26H31N5O4S4/c1-16(2)22-24(33)35-17(8-5-7-11-38-39-20-9-4-6-10-27-20)12-19(32)28-13-21-29-18(14-36-21)23-31-26(3,15-37-23)25(34)30-22/h4-6,8-10,14,16-17,22H,7,11-13,15H2,1-3H3,(H,28,32)(H,30,34)/t17?,22-,26-/m0/s1. The molecule has 0 saturated carbocycles. The van der Waals surface area contributed by atoms with Gasteiger partial charge in [0.1, 0.15) is 38.5 Å². The number of thioether (sulfide) groups is 1. The maximum atomic E-state index is 13.3. The molecule has 0 aromatic carbocycles. The molecular formula is C26H31N5O4S4. The molecule has 13 heteroatoms. The van der Waals surface area contributed by atoms with Crippen LogP contribution >= 0.6 is 44.7 Å². The van der Waals surface area contributed by atoms with Crippen molar-refractivity contribution >= 4 is 67.5 Å². The van der Waals surface area contributed by atoms with Crippen LogP contribution in [0.1, 0.15) is 44.3 Å². The molecule has 0 aliphatic carbocycles. The maximum absolute atomic E-state index is 13.3. The summed E-state index contributed by atoms with van der Waals surface area (Å²) < 4.78 is 5.78. The van der Waals surface area contributed by atoms with Gasteiger partial charge < -0.3 is 15.4 Å². The van der Waals surface area contributed by atoms with Crippen LogP contribution in [0, 0.1) is 5.92 Å². The molecule has 9 nitrogen and oxygen atoms in total. The Morgan fingerprint density at radius 3 is 2.90 bits per heavy atom. The molecule has 208 valence electrons. The second kappa shape index (κ2) is 13.8. The number of carbonyl (C=O) groups is 3. The number of hydrogen-bond donors (Lipinski definition) is 2. The number of esters is 1. The van der Waals surface area contributed by atoms with Gasteiger partial charge in [-0.3, -0.25) is 14.6 Å². The lowest BCUT2D eigenvalue weighted by atomic mass is 10.0. The van der Waals surface area contributed by atoms with Crippen molar-refractivity contribution in [1.29, 1.82) is 0 Å². The number of hydrogen-bond acceptors (Lipinski definition) is 11. The molecule has 1 unspecified atom stereocenters. The number of ether oxygens (including phenoxy) is 1. The average molecular weight is 606 g/mol. The molecule has 4 heterocycles. The third-order valence-electron chi connectivity index (χ3n) is 5.90. The van der Waals surface area contributed by atoms with Gasteiger partial charge in [-0.1, -0.05) is 36.8 Å². The molecule has 4 rings (SSSR count). The molecule has 2 aromatic rings. The van der Waals surface area contributed by atoms with E-state index in [1.54, 1.807) is 40.8 Å². The van der Waals surface area contributed by atoms with Crippen LogP contribution in [-0.4, -0.2) is 62.0 Å². The average Bonchev–Trinajstić information content (AvgIpc) is 3.55. The highest BCUT2D eigenvalue weighted by Crippen LogP contribution is 2.32. The zero-order chi connectivity index (χ0) is 27.8. The van der Waals surface area contributed by atoms with E-state index >= 15 is 0 Å². The minimum Gasteiger partial charge on any atom is -0.456 e. The molecule has 2 aromatic heterocycles. The molecule has 2 aliphatic rings. The van der Waals surface area contributed by atoms with Crippen molar-refractivity contribution in [1.82, 2.24) is 20.6 Å². The van der Waals surface area contributed by atoms with Crippen LogP contribution in [0.4, 0.5) is 0 Å². The van der Waals surface area contributed by atoms with Gasteiger partial charge in [-0.25, -0.2) is 14.8 Å². The number of amides is 2. The first-order valence-corrected chi connectivity index (χ1v) is 16.7. The zero-order valence-corrected chi connectivity index (χ0v) is 25.2. The lowest BCUT2D eigenvalue weighted by molar-refractivity contribution is -0.153. The van der Waals surface area contributed by atoms with Gasteiger partial charge in [-0.15, -0.1) is 23.1 Å². The second-order valence-electron chi connectivity index (χ2n) is 9.55. The van der Waals surface area contributed by atoms with E-state index in [1.165, 1.54) is 23.1 Å². The number of cyclic esters (lactones) is 1. The molecule has 0 radical (unpaired) electrons. The SMILES string of the molecule is CC(C)[C@@H]1NC(=O)[C@]2(C)CSC(=N2)c2csc(n2)CNC(=O)CC(C=CCCSSc2ccccn2)OC1=O. The summed E-state index contributed by atoms with van der Waals surface area (Å²) in [6.45, 7) is 5.71. The number of aliphatic imine (C=N–C) groups is 1. The van der Waals surface area contributed by atoms with Crippen molar-refractivity contribution < 1.29 is 19.1 Å². The molecule has 0 saturated heterocycles. The fourth-order valence-electron chi connectivity index (χ4n) is 3.69. The van der Waals surface area contributed by atoms with Crippen molar-refractivity contribution in [2.75, 3.05) is 11.5 Å². The molecule has 2 N–H and O–H groups in total. The van der Waals surface area contributed by atoms with E-state index in [-0.39, 0.29) is 30.7 Å². The van der Waals surface area contributed by atoms with Crippen molar-refractivity contribution in [3.05, 3.63) is 52.6 Å². The Bertz CT molecular complexity index is 1240. The number of rotatable bonds is 7. The summed E-state index contributed by atoms with van der Waals surface area (Å²) in [6, 6.07) is 4.91. The number of aromatic nitrogens is 2. The van der Waals surface area contributed by atoms with E-state index in [1.807, 2.05) is 43.5 Å². The third-order valence-corrected chi connectivity index (χ3v) is 10.3. The number of nitrogens with one attached hydrogen (secondary N) is 2. The Morgan fingerprint density at radius 2 is 2.13 bits per heavy atom.